The van der Waals surface area contributed by atoms with Crippen LogP contribution in [-0.2, 0) is 20.5 Å². The summed E-state index contributed by atoms with van der Waals surface area (Å²) in [5.41, 5.74) is 5.27. The molecule has 2 atom stereocenters. The molecule has 2 unspecified atom stereocenters. The molecule has 5 aliphatic rings. The Labute approximate surface area is 206 Å². The van der Waals surface area contributed by atoms with Crippen LogP contribution in [0.2, 0.25) is 0 Å². The van der Waals surface area contributed by atoms with Crippen molar-refractivity contribution in [2.75, 3.05) is 4.31 Å². The third-order valence-electron chi connectivity index (χ3n) is 9.36. The van der Waals surface area contributed by atoms with Gasteiger partial charge in [-0.05, 0) is 74.8 Å². The summed E-state index contributed by atoms with van der Waals surface area (Å²) in [5, 5.41) is 4.17. The average molecular weight is 497 g/mol. The molecule has 0 saturated heterocycles. The second kappa shape index (κ2) is 8.18. The number of carbonyl (C=O) groups is 2. The van der Waals surface area contributed by atoms with Gasteiger partial charge in [-0.3, -0.25) is 18.9 Å². The number of aromatic nitrogens is 1. The zero-order chi connectivity index (χ0) is 24.4. The Bertz CT molecular complexity index is 1240. The minimum atomic E-state index is -3.09. The predicted octanol–water partition coefficient (Wildman–Crippen LogP) is 2.68. The first kappa shape index (κ1) is 22.8. The molecule has 7 rings (SSSR count). The van der Waals surface area contributed by atoms with E-state index in [0.29, 0.717) is 30.0 Å². The quantitative estimate of drug-likeness (QED) is 0.531. The van der Waals surface area contributed by atoms with E-state index in [1.165, 1.54) is 4.31 Å². The standard InChI is InChI=1S/C26H32N4O4S/c27-23(31)25-13-16-11-18(14-25)21(19(12-16)15-25)29-24(32)26(8-1-2-9-26)30(35(33)34)20-7-3-5-17-6-4-10-28-22(17)20/h3-7,10,16,18-19,21,35H,1-2,8-9,11-15H2,(H2,27,31)(H,29,32). The molecular formula is C26H32N4O4S. The molecule has 8 nitrogen and oxygen atoms in total. The summed E-state index contributed by atoms with van der Waals surface area (Å²) in [6, 6.07) is 9.12. The fourth-order valence-electron chi connectivity index (χ4n) is 8.08. The predicted molar refractivity (Wildman–Crippen MR) is 133 cm³/mol. The molecule has 186 valence electrons. The fraction of sp³-hybridized carbons (Fsp3) is 0.577. The normalized spacial score (nSPS) is 32.7. The van der Waals surface area contributed by atoms with Crippen molar-refractivity contribution in [3.05, 3.63) is 36.5 Å². The van der Waals surface area contributed by atoms with E-state index in [2.05, 4.69) is 10.3 Å². The first-order valence-electron chi connectivity index (χ1n) is 12.7. The van der Waals surface area contributed by atoms with Crippen LogP contribution in [0, 0.1) is 23.2 Å². The molecule has 2 amide bonds. The van der Waals surface area contributed by atoms with Crippen LogP contribution in [0.3, 0.4) is 0 Å². The number of benzene rings is 1. The number of nitrogens with zero attached hydrogens (tertiary/aromatic N) is 2. The van der Waals surface area contributed by atoms with Crippen LogP contribution in [0.4, 0.5) is 5.69 Å². The number of carbonyl (C=O) groups excluding carboxylic acids is 2. The van der Waals surface area contributed by atoms with Crippen molar-refractivity contribution in [3.63, 3.8) is 0 Å². The fourth-order valence-corrected chi connectivity index (χ4v) is 9.02. The summed E-state index contributed by atoms with van der Waals surface area (Å²) in [7, 11) is -3.09. The number of anilines is 1. The highest BCUT2D eigenvalue weighted by Crippen LogP contribution is 2.60. The van der Waals surface area contributed by atoms with Gasteiger partial charge in [-0.25, -0.2) is 8.42 Å². The van der Waals surface area contributed by atoms with E-state index in [9.17, 15) is 18.0 Å². The lowest BCUT2D eigenvalue weighted by atomic mass is 9.47. The number of nitrogens with one attached hydrogen (secondary N) is 1. The second-order valence-corrected chi connectivity index (χ2v) is 12.1. The molecule has 5 aliphatic carbocycles. The Hall–Kier alpha value is -2.68. The van der Waals surface area contributed by atoms with Crippen molar-refractivity contribution < 1.29 is 18.0 Å². The number of pyridine rings is 1. The Morgan fingerprint density at radius 1 is 1.03 bits per heavy atom. The molecule has 1 aromatic heterocycles. The van der Waals surface area contributed by atoms with Gasteiger partial charge < -0.3 is 11.1 Å². The van der Waals surface area contributed by atoms with E-state index < -0.39 is 21.8 Å². The van der Waals surface area contributed by atoms with Gasteiger partial charge in [-0.1, -0.05) is 31.0 Å². The summed E-state index contributed by atoms with van der Waals surface area (Å²) in [4.78, 5) is 30.9. The first-order valence-corrected chi connectivity index (χ1v) is 13.9. The number of primary amides is 1. The van der Waals surface area contributed by atoms with Crippen molar-refractivity contribution in [2.24, 2.45) is 28.9 Å². The van der Waals surface area contributed by atoms with Crippen LogP contribution in [0.1, 0.15) is 57.8 Å². The van der Waals surface area contributed by atoms with E-state index in [1.807, 2.05) is 24.3 Å². The highest BCUT2D eigenvalue weighted by Gasteiger charge is 2.59. The Balaban J connectivity index is 1.35. The molecule has 0 radical (unpaired) electrons. The summed E-state index contributed by atoms with van der Waals surface area (Å²) in [6.45, 7) is 0. The van der Waals surface area contributed by atoms with Gasteiger partial charge in [0.2, 0.25) is 22.7 Å². The van der Waals surface area contributed by atoms with Crippen LogP contribution < -0.4 is 15.4 Å². The van der Waals surface area contributed by atoms with Crippen molar-refractivity contribution in [3.8, 4) is 0 Å². The van der Waals surface area contributed by atoms with Gasteiger partial charge in [0.1, 0.15) is 5.54 Å². The Kier molecular flexibility index (Phi) is 5.32. The Morgan fingerprint density at radius 2 is 1.71 bits per heavy atom. The lowest BCUT2D eigenvalue weighted by molar-refractivity contribution is -0.148. The van der Waals surface area contributed by atoms with Crippen LogP contribution in [-0.4, -0.2) is 36.8 Å². The minimum Gasteiger partial charge on any atom is -0.369 e. The van der Waals surface area contributed by atoms with Gasteiger partial charge in [-0.2, -0.15) is 0 Å². The van der Waals surface area contributed by atoms with Gasteiger partial charge in [0, 0.05) is 23.0 Å². The SMILES string of the molecule is NC(=O)C12CC3CC(C1)C(NC(=O)C1(N(c4cccc5cccnc45)[SH](=O)=O)CCCC1)C(C3)C2. The molecule has 0 spiro atoms. The number of fused-ring (bicyclic) bond motifs is 1. The number of para-hydroxylation sites is 1. The number of rotatable bonds is 6. The smallest absolute Gasteiger partial charge is 0.247 e. The lowest BCUT2D eigenvalue weighted by Gasteiger charge is -2.59. The molecule has 2 aromatic rings. The molecule has 4 bridgehead atoms. The minimum absolute atomic E-state index is 0.0407. The number of thiol groups is 1. The van der Waals surface area contributed by atoms with Gasteiger partial charge in [0.15, 0.2) is 0 Å². The summed E-state index contributed by atoms with van der Waals surface area (Å²) < 4.78 is 26.9. The maximum Gasteiger partial charge on any atom is 0.247 e. The number of amides is 2. The molecule has 35 heavy (non-hydrogen) atoms. The number of nitrogens with two attached hydrogens (primary N) is 1. The highest BCUT2D eigenvalue weighted by molar-refractivity contribution is 7.74. The molecule has 5 fully saturated rings. The maximum atomic E-state index is 14.1. The van der Waals surface area contributed by atoms with Crippen LogP contribution in [0.5, 0.6) is 0 Å². The highest BCUT2D eigenvalue weighted by atomic mass is 32.2. The molecule has 9 heteroatoms. The summed E-state index contributed by atoms with van der Waals surface area (Å²) >= 11 is 0. The van der Waals surface area contributed by atoms with Gasteiger partial charge in [-0.15, -0.1) is 0 Å². The maximum absolute atomic E-state index is 14.1. The molecule has 3 N–H and O–H groups in total. The first-order chi connectivity index (χ1) is 16.8. The van der Waals surface area contributed by atoms with E-state index in [-0.39, 0.29) is 29.7 Å². The van der Waals surface area contributed by atoms with Gasteiger partial charge >= 0.3 is 0 Å². The molecule has 0 aliphatic heterocycles. The van der Waals surface area contributed by atoms with Crippen LogP contribution >= 0.6 is 0 Å². The third-order valence-corrected chi connectivity index (χ3v) is 10.3. The van der Waals surface area contributed by atoms with E-state index in [1.54, 1.807) is 12.3 Å². The number of hydrogen-bond donors (Lipinski definition) is 3. The topological polar surface area (TPSA) is 122 Å². The van der Waals surface area contributed by atoms with Gasteiger partial charge in [0.05, 0.1) is 11.2 Å². The van der Waals surface area contributed by atoms with Crippen LogP contribution in [0.15, 0.2) is 36.5 Å². The zero-order valence-electron chi connectivity index (χ0n) is 19.7. The van der Waals surface area contributed by atoms with E-state index >= 15 is 0 Å². The molecule has 1 heterocycles. The van der Waals surface area contributed by atoms with Crippen molar-refractivity contribution in [1.29, 1.82) is 0 Å². The van der Waals surface area contributed by atoms with E-state index in [4.69, 9.17) is 5.73 Å². The van der Waals surface area contributed by atoms with Crippen LogP contribution in [0.25, 0.3) is 10.9 Å². The zero-order valence-corrected chi connectivity index (χ0v) is 20.6. The molecular weight excluding hydrogens is 464 g/mol. The average Bonchev–Trinajstić information content (AvgIpc) is 3.31. The Morgan fingerprint density at radius 3 is 2.37 bits per heavy atom. The van der Waals surface area contributed by atoms with Crippen molar-refractivity contribution >= 4 is 39.3 Å². The summed E-state index contributed by atoms with van der Waals surface area (Å²) in [5.74, 6) is 0.498. The van der Waals surface area contributed by atoms with Crippen molar-refractivity contribution in [1.82, 2.24) is 10.3 Å². The largest absolute Gasteiger partial charge is 0.369 e. The lowest BCUT2D eigenvalue weighted by Crippen LogP contribution is -2.65. The number of hydrogen-bond acceptors (Lipinski definition) is 5. The van der Waals surface area contributed by atoms with E-state index in [0.717, 1.165) is 50.3 Å². The van der Waals surface area contributed by atoms with Gasteiger partial charge in [0.25, 0.3) is 0 Å². The van der Waals surface area contributed by atoms with Crippen molar-refractivity contribution in [2.45, 2.75) is 69.4 Å². The molecule has 5 saturated carbocycles. The third kappa shape index (κ3) is 3.45. The summed E-state index contributed by atoms with van der Waals surface area (Å²) in [6.07, 6.45) is 8.48. The molecule has 1 aromatic carbocycles. The second-order valence-electron chi connectivity index (χ2n) is 11.3. The monoisotopic (exact) mass is 496 g/mol.